The monoisotopic (exact) mass is 486 g/mol. The van der Waals surface area contributed by atoms with Gasteiger partial charge in [0.2, 0.25) is 6.41 Å². The molecule has 7 nitrogen and oxygen atoms in total. The number of anilines is 1. The predicted octanol–water partition coefficient (Wildman–Crippen LogP) is 6.07. The summed E-state index contributed by atoms with van der Waals surface area (Å²) >= 11 is 0. The molecule has 0 aliphatic heterocycles. The van der Waals surface area contributed by atoms with E-state index < -0.39 is 0 Å². The molecule has 3 aromatic rings. The highest BCUT2D eigenvalue weighted by molar-refractivity contribution is 5.78. The number of aryl methyl sites for hydroxylation is 1. The smallest absolute Gasteiger partial charge is 0.214 e. The third-order valence-electron chi connectivity index (χ3n) is 4.92. The van der Waals surface area contributed by atoms with Crippen molar-refractivity contribution in [3.8, 4) is 17.9 Å². The maximum Gasteiger partial charge on any atom is 0.214 e. The van der Waals surface area contributed by atoms with Crippen LogP contribution in [-0.4, -0.2) is 18.5 Å². The fraction of sp³-hybridized carbons (Fsp3) is 0.310. The number of amides is 1. The van der Waals surface area contributed by atoms with Crippen molar-refractivity contribution in [2.75, 3.05) is 12.0 Å². The number of ether oxygens (including phenoxy) is 2. The summed E-state index contributed by atoms with van der Waals surface area (Å²) in [7, 11) is 1.58. The first-order valence-electron chi connectivity index (χ1n) is 11.9. The van der Waals surface area contributed by atoms with Crippen molar-refractivity contribution in [3.63, 3.8) is 0 Å². The Hall–Kier alpha value is -4.20. The Morgan fingerprint density at radius 3 is 1.89 bits per heavy atom. The SMILES string of the molecule is CC.CC.COCc1c(N(C=O)Cc2ccc(C#N)cc2)cnc(C)c1OCc1ccc(C#N)cc1. The van der Waals surface area contributed by atoms with Gasteiger partial charge in [-0.15, -0.1) is 0 Å². The molecule has 0 bridgehead atoms. The Kier molecular flexibility index (Phi) is 13.6. The van der Waals surface area contributed by atoms with Crippen LogP contribution in [0.5, 0.6) is 5.75 Å². The molecule has 0 aliphatic carbocycles. The van der Waals surface area contributed by atoms with E-state index in [0.717, 1.165) is 23.1 Å². The van der Waals surface area contributed by atoms with Crippen LogP contribution in [0.15, 0.2) is 54.7 Å². The Morgan fingerprint density at radius 2 is 1.42 bits per heavy atom. The molecule has 36 heavy (non-hydrogen) atoms. The fourth-order valence-electron chi connectivity index (χ4n) is 3.24. The van der Waals surface area contributed by atoms with Crippen molar-refractivity contribution >= 4 is 12.1 Å². The Bertz CT molecular complexity index is 1160. The summed E-state index contributed by atoms with van der Waals surface area (Å²) in [4.78, 5) is 17.9. The van der Waals surface area contributed by atoms with E-state index in [2.05, 4.69) is 17.1 Å². The van der Waals surface area contributed by atoms with Gasteiger partial charge >= 0.3 is 0 Å². The number of pyridine rings is 1. The molecule has 0 saturated heterocycles. The molecule has 0 spiro atoms. The molecule has 0 fully saturated rings. The lowest BCUT2D eigenvalue weighted by atomic mass is 10.1. The summed E-state index contributed by atoms with van der Waals surface area (Å²) in [5, 5.41) is 17.9. The second-order valence-corrected chi connectivity index (χ2v) is 7.11. The first-order chi connectivity index (χ1) is 17.6. The van der Waals surface area contributed by atoms with E-state index >= 15 is 0 Å². The molecule has 0 saturated carbocycles. The zero-order chi connectivity index (χ0) is 26.9. The lowest BCUT2D eigenvalue weighted by molar-refractivity contribution is -0.107. The first-order valence-corrected chi connectivity index (χ1v) is 11.9. The van der Waals surface area contributed by atoms with E-state index in [0.29, 0.717) is 34.8 Å². The van der Waals surface area contributed by atoms with Gasteiger partial charge in [-0.3, -0.25) is 9.78 Å². The lowest BCUT2D eigenvalue weighted by Gasteiger charge is -2.23. The number of benzene rings is 2. The topological polar surface area (TPSA) is 99.2 Å². The lowest BCUT2D eigenvalue weighted by Crippen LogP contribution is -2.23. The van der Waals surface area contributed by atoms with Crippen molar-refractivity contribution in [2.45, 2.75) is 54.4 Å². The largest absolute Gasteiger partial charge is 0.487 e. The third kappa shape index (κ3) is 8.23. The van der Waals surface area contributed by atoms with Crippen molar-refractivity contribution in [1.29, 1.82) is 10.5 Å². The van der Waals surface area contributed by atoms with Gasteiger partial charge in [-0.2, -0.15) is 10.5 Å². The molecular formula is C29H34N4O3. The van der Waals surface area contributed by atoms with Gasteiger partial charge in [-0.25, -0.2) is 0 Å². The molecule has 0 radical (unpaired) electrons. The molecule has 0 N–H and O–H groups in total. The van der Waals surface area contributed by atoms with E-state index in [1.54, 1.807) is 37.6 Å². The molecule has 1 aromatic heterocycles. The Balaban J connectivity index is 0.00000154. The summed E-state index contributed by atoms with van der Waals surface area (Å²) in [5.74, 6) is 0.556. The van der Waals surface area contributed by atoms with Gasteiger partial charge in [0.1, 0.15) is 12.4 Å². The summed E-state index contributed by atoms with van der Waals surface area (Å²) in [5.41, 5.74) is 4.90. The van der Waals surface area contributed by atoms with Gasteiger partial charge in [0.05, 0.1) is 54.0 Å². The summed E-state index contributed by atoms with van der Waals surface area (Å²) in [6, 6.07) is 18.4. The van der Waals surface area contributed by atoms with Crippen LogP contribution in [-0.2, 0) is 29.3 Å². The number of aromatic nitrogens is 1. The average molecular weight is 487 g/mol. The van der Waals surface area contributed by atoms with Crippen LogP contribution in [0.1, 0.15) is 61.2 Å². The molecule has 7 heteroatoms. The third-order valence-corrected chi connectivity index (χ3v) is 4.92. The highest BCUT2D eigenvalue weighted by atomic mass is 16.5. The maximum absolute atomic E-state index is 12.0. The molecule has 0 aliphatic rings. The van der Waals surface area contributed by atoms with Gasteiger partial charge in [-0.05, 0) is 42.3 Å². The number of nitrogens with zero attached hydrogens (tertiary/aromatic N) is 4. The van der Waals surface area contributed by atoms with Crippen molar-refractivity contribution in [2.24, 2.45) is 0 Å². The number of hydrogen-bond donors (Lipinski definition) is 0. The highest BCUT2D eigenvalue weighted by Gasteiger charge is 2.19. The molecule has 0 unspecified atom stereocenters. The normalized spacial score (nSPS) is 9.33. The fourth-order valence-corrected chi connectivity index (χ4v) is 3.24. The zero-order valence-electron chi connectivity index (χ0n) is 21.9. The van der Waals surface area contributed by atoms with Crippen LogP contribution >= 0.6 is 0 Å². The standard InChI is InChI=1S/C25H22N4O3.2C2H6/c1-18-25(32-15-22-9-5-20(12-27)6-10-22)23(16-31-2)24(13-28-18)29(17-30)14-21-7-3-19(11-26)4-8-21;2*1-2/h3-10,13,17H,14-16H2,1-2H3;2*1-2H3. The van der Waals surface area contributed by atoms with E-state index in [1.807, 2.05) is 58.9 Å². The van der Waals surface area contributed by atoms with E-state index in [9.17, 15) is 4.79 Å². The van der Waals surface area contributed by atoms with Gasteiger partial charge in [-0.1, -0.05) is 52.0 Å². The van der Waals surface area contributed by atoms with Crippen LogP contribution in [0.3, 0.4) is 0 Å². The summed E-state index contributed by atoms with van der Waals surface area (Å²) in [6.07, 6.45) is 2.38. The Labute approximate surface area is 214 Å². The zero-order valence-corrected chi connectivity index (χ0v) is 21.9. The minimum absolute atomic E-state index is 0.235. The summed E-state index contributed by atoms with van der Waals surface area (Å²) < 4.78 is 11.5. The molecule has 0 atom stereocenters. The molecule has 1 heterocycles. The molecule has 2 aromatic carbocycles. The van der Waals surface area contributed by atoms with E-state index in [-0.39, 0.29) is 13.2 Å². The van der Waals surface area contributed by atoms with E-state index in [1.165, 1.54) is 4.90 Å². The van der Waals surface area contributed by atoms with Crippen LogP contribution in [0.2, 0.25) is 0 Å². The minimum Gasteiger partial charge on any atom is -0.487 e. The second-order valence-electron chi connectivity index (χ2n) is 7.11. The number of carbonyl (C=O) groups is 1. The van der Waals surface area contributed by atoms with Gasteiger partial charge in [0, 0.05) is 12.7 Å². The quantitative estimate of drug-likeness (QED) is 0.340. The summed E-state index contributed by atoms with van der Waals surface area (Å²) in [6.45, 7) is 10.7. The van der Waals surface area contributed by atoms with E-state index in [4.69, 9.17) is 20.0 Å². The first kappa shape index (κ1) is 29.8. The maximum atomic E-state index is 12.0. The second kappa shape index (κ2) is 16.4. The number of rotatable bonds is 9. The highest BCUT2D eigenvalue weighted by Crippen LogP contribution is 2.33. The predicted molar refractivity (Wildman–Crippen MR) is 141 cm³/mol. The van der Waals surface area contributed by atoms with Crippen molar-refractivity contribution in [3.05, 3.63) is 88.2 Å². The number of methoxy groups -OCH3 is 1. The molecule has 1 amide bonds. The van der Waals surface area contributed by atoms with Crippen molar-refractivity contribution in [1.82, 2.24) is 4.98 Å². The van der Waals surface area contributed by atoms with Crippen molar-refractivity contribution < 1.29 is 14.3 Å². The van der Waals surface area contributed by atoms with Crippen LogP contribution in [0.4, 0.5) is 5.69 Å². The average Bonchev–Trinajstić information content (AvgIpc) is 2.95. The molecular weight excluding hydrogens is 452 g/mol. The van der Waals surface area contributed by atoms with Gasteiger partial charge < -0.3 is 14.4 Å². The van der Waals surface area contributed by atoms with Crippen LogP contribution in [0, 0.1) is 29.6 Å². The number of nitriles is 2. The number of carbonyl (C=O) groups excluding carboxylic acids is 1. The van der Waals surface area contributed by atoms with Crippen LogP contribution in [0.25, 0.3) is 0 Å². The van der Waals surface area contributed by atoms with Gasteiger partial charge in [0.25, 0.3) is 0 Å². The minimum atomic E-state index is 0.235. The molecule has 188 valence electrons. The molecule has 3 rings (SSSR count). The van der Waals surface area contributed by atoms with Crippen LogP contribution < -0.4 is 9.64 Å². The number of hydrogen-bond acceptors (Lipinski definition) is 6. The Morgan fingerprint density at radius 1 is 0.889 bits per heavy atom. The van der Waals surface area contributed by atoms with Gasteiger partial charge in [0.15, 0.2) is 0 Å².